The number of amides is 2. The van der Waals surface area contributed by atoms with E-state index in [1.807, 2.05) is 12.1 Å². The zero-order valence-electron chi connectivity index (χ0n) is 15.2. The van der Waals surface area contributed by atoms with Gasteiger partial charge in [0.2, 0.25) is 5.91 Å². The van der Waals surface area contributed by atoms with E-state index in [2.05, 4.69) is 15.5 Å². The number of rotatable bonds is 4. The highest BCUT2D eigenvalue weighted by Gasteiger charge is 2.34. The number of carbonyl (C=O) groups excluding carboxylic acids is 2. The lowest BCUT2D eigenvalue weighted by atomic mass is 9.97. The summed E-state index contributed by atoms with van der Waals surface area (Å²) >= 11 is 6.00. The van der Waals surface area contributed by atoms with Gasteiger partial charge in [0, 0.05) is 28.0 Å². The lowest BCUT2D eigenvalue weighted by molar-refractivity contribution is -0.120. The zero-order chi connectivity index (χ0) is 20.5. The van der Waals surface area contributed by atoms with E-state index >= 15 is 0 Å². The minimum absolute atomic E-state index is 0.0798. The van der Waals surface area contributed by atoms with Crippen LogP contribution in [-0.2, 0) is 11.2 Å². The summed E-state index contributed by atoms with van der Waals surface area (Å²) in [6.07, 6.45) is 0.347. The lowest BCUT2D eigenvalue weighted by Gasteiger charge is -2.34. The molecule has 0 spiro atoms. The van der Waals surface area contributed by atoms with Crippen LogP contribution in [0.4, 0.5) is 5.69 Å². The van der Waals surface area contributed by atoms with E-state index in [9.17, 15) is 9.59 Å². The largest absolute Gasteiger partial charge is 0.409 e. The van der Waals surface area contributed by atoms with Crippen LogP contribution in [0.5, 0.6) is 0 Å². The first-order valence-corrected chi connectivity index (χ1v) is 9.29. The van der Waals surface area contributed by atoms with E-state index in [1.165, 1.54) is 4.90 Å². The average Bonchev–Trinajstić information content (AvgIpc) is 3.14. The third-order valence-corrected chi connectivity index (χ3v) is 5.09. The van der Waals surface area contributed by atoms with Gasteiger partial charge in [0.15, 0.2) is 5.84 Å². The topological polar surface area (TPSA) is 124 Å². The molecule has 1 aromatic heterocycles. The lowest BCUT2D eigenvalue weighted by Crippen LogP contribution is -2.54. The average molecular weight is 412 g/mol. The maximum atomic E-state index is 13.0. The van der Waals surface area contributed by atoms with Gasteiger partial charge in [0.25, 0.3) is 5.91 Å². The van der Waals surface area contributed by atoms with Crippen LogP contribution in [0.1, 0.15) is 16.1 Å². The van der Waals surface area contributed by atoms with Crippen LogP contribution < -0.4 is 16.0 Å². The molecular weight excluding hydrogens is 394 g/mol. The van der Waals surface area contributed by atoms with Crippen molar-refractivity contribution in [1.29, 1.82) is 0 Å². The molecule has 2 heterocycles. The summed E-state index contributed by atoms with van der Waals surface area (Å²) in [4.78, 5) is 30.2. The number of H-pyrrole nitrogens is 1. The maximum absolute atomic E-state index is 13.0. The first-order valence-electron chi connectivity index (χ1n) is 8.91. The van der Waals surface area contributed by atoms with Crippen molar-refractivity contribution in [3.63, 3.8) is 0 Å². The number of fused-ring (bicyclic) bond motifs is 2. The van der Waals surface area contributed by atoms with Gasteiger partial charge in [0.05, 0.1) is 6.54 Å². The predicted molar refractivity (Wildman–Crippen MR) is 110 cm³/mol. The second-order valence-corrected chi connectivity index (χ2v) is 7.23. The van der Waals surface area contributed by atoms with Crippen LogP contribution in [0.25, 0.3) is 10.9 Å². The molecule has 29 heavy (non-hydrogen) atoms. The van der Waals surface area contributed by atoms with Gasteiger partial charge in [-0.05, 0) is 35.9 Å². The second-order valence-electron chi connectivity index (χ2n) is 6.79. The number of carbonyl (C=O) groups is 2. The normalized spacial score (nSPS) is 16.7. The van der Waals surface area contributed by atoms with Crippen molar-refractivity contribution in [1.82, 2.24) is 10.3 Å². The Kier molecular flexibility index (Phi) is 4.85. The molecule has 0 radical (unpaired) electrons. The summed E-state index contributed by atoms with van der Waals surface area (Å²) in [5.41, 5.74) is 8.28. The van der Waals surface area contributed by atoms with Gasteiger partial charge in [-0.3, -0.25) is 9.59 Å². The Labute approximate surface area is 170 Å². The van der Waals surface area contributed by atoms with Gasteiger partial charge >= 0.3 is 0 Å². The van der Waals surface area contributed by atoms with Crippen molar-refractivity contribution < 1.29 is 14.8 Å². The third-order valence-electron chi connectivity index (χ3n) is 4.85. The highest BCUT2D eigenvalue weighted by molar-refractivity contribution is 6.31. The number of hydrogen-bond donors (Lipinski definition) is 4. The molecular formula is C20H18ClN5O3. The van der Waals surface area contributed by atoms with Gasteiger partial charge < -0.3 is 26.1 Å². The van der Waals surface area contributed by atoms with E-state index in [0.717, 1.165) is 16.5 Å². The first kappa shape index (κ1) is 18.8. The summed E-state index contributed by atoms with van der Waals surface area (Å²) in [7, 11) is 0. The number of nitrogens with one attached hydrogen (secondary N) is 2. The van der Waals surface area contributed by atoms with Crippen LogP contribution >= 0.6 is 11.6 Å². The predicted octanol–water partition coefficient (Wildman–Crippen LogP) is 2.26. The number of aromatic amines is 1. The number of para-hydroxylation sites is 1. The van der Waals surface area contributed by atoms with E-state index in [1.54, 1.807) is 36.4 Å². The van der Waals surface area contributed by atoms with Crippen molar-refractivity contribution in [2.75, 3.05) is 11.4 Å². The molecule has 148 valence electrons. The minimum Gasteiger partial charge on any atom is -0.409 e. The Balaban J connectivity index is 1.60. The quantitative estimate of drug-likeness (QED) is 0.227. The Bertz CT molecular complexity index is 1140. The fourth-order valence-electron chi connectivity index (χ4n) is 3.49. The molecule has 2 aromatic carbocycles. The third kappa shape index (κ3) is 3.62. The Morgan fingerprint density at radius 3 is 2.90 bits per heavy atom. The molecule has 1 atom stereocenters. The van der Waals surface area contributed by atoms with Gasteiger partial charge in [0.1, 0.15) is 11.7 Å². The molecule has 0 saturated carbocycles. The minimum atomic E-state index is -0.779. The number of amidine groups is 1. The Morgan fingerprint density at radius 2 is 2.10 bits per heavy atom. The maximum Gasteiger partial charge on any atom is 0.268 e. The first-order chi connectivity index (χ1) is 14.0. The molecule has 9 heteroatoms. The molecule has 3 aromatic rings. The molecule has 1 unspecified atom stereocenters. The van der Waals surface area contributed by atoms with E-state index < -0.39 is 11.9 Å². The van der Waals surface area contributed by atoms with E-state index in [-0.39, 0.29) is 18.3 Å². The van der Waals surface area contributed by atoms with Crippen molar-refractivity contribution in [3.05, 3.63) is 64.8 Å². The van der Waals surface area contributed by atoms with Crippen molar-refractivity contribution in [2.24, 2.45) is 10.9 Å². The fourth-order valence-corrected chi connectivity index (χ4v) is 3.67. The van der Waals surface area contributed by atoms with Crippen molar-refractivity contribution in [2.45, 2.75) is 12.5 Å². The number of anilines is 1. The van der Waals surface area contributed by atoms with Gasteiger partial charge in [-0.15, -0.1) is 0 Å². The van der Waals surface area contributed by atoms with Crippen LogP contribution in [0.15, 0.2) is 53.7 Å². The summed E-state index contributed by atoms with van der Waals surface area (Å²) in [5.74, 6) is -0.839. The van der Waals surface area contributed by atoms with Gasteiger partial charge in [-0.2, -0.15) is 0 Å². The number of hydrogen-bond acceptors (Lipinski definition) is 4. The molecule has 0 fully saturated rings. The fraction of sp³-hybridized carbons (Fsp3) is 0.150. The zero-order valence-corrected chi connectivity index (χ0v) is 16.0. The summed E-state index contributed by atoms with van der Waals surface area (Å²) in [6.45, 7) is -0.0798. The Morgan fingerprint density at radius 1 is 1.31 bits per heavy atom. The standard InChI is InChI=1S/C20H18ClN5O3/c21-13-5-6-14-12(7-13)9-15(23-14)19(27)24-16-8-11-3-1-2-4-17(11)26(20(16)28)10-18(22)25-29/h1-7,9,16,23,29H,8,10H2,(H2,22,25)(H,24,27). The van der Waals surface area contributed by atoms with Crippen LogP contribution in [0, 0.1) is 0 Å². The van der Waals surface area contributed by atoms with Gasteiger partial charge in [-0.1, -0.05) is 35.0 Å². The number of halogens is 1. The monoisotopic (exact) mass is 411 g/mol. The van der Waals surface area contributed by atoms with Crippen molar-refractivity contribution >= 4 is 45.8 Å². The number of nitrogens with zero attached hydrogens (tertiary/aromatic N) is 2. The van der Waals surface area contributed by atoms with Crippen LogP contribution in [0.3, 0.4) is 0 Å². The molecule has 0 aliphatic carbocycles. The molecule has 8 nitrogen and oxygen atoms in total. The summed E-state index contributed by atoms with van der Waals surface area (Å²) < 4.78 is 0. The van der Waals surface area contributed by atoms with Gasteiger partial charge in [-0.25, -0.2) is 0 Å². The smallest absolute Gasteiger partial charge is 0.268 e. The number of aromatic nitrogens is 1. The molecule has 4 rings (SSSR count). The SMILES string of the molecule is N/C(CN1C(=O)C(NC(=O)c2cc3cc(Cl)ccc3[nH]2)Cc2ccccc21)=N/O. The number of benzene rings is 2. The summed E-state index contributed by atoms with van der Waals surface area (Å²) in [5, 5.41) is 16.0. The van der Waals surface area contributed by atoms with Crippen LogP contribution in [0.2, 0.25) is 5.02 Å². The second kappa shape index (κ2) is 7.48. The Hall–Kier alpha value is -3.52. The number of oxime groups is 1. The molecule has 1 aliphatic heterocycles. The van der Waals surface area contributed by atoms with E-state index in [4.69, 9.17) is 22.5 Å². The molecule has 0 bridgehead atoms. The van der Waals surface area contributed by atoms with Crippen molar-refractivity contribution in [3.8, 4) is 0 Å². The van der Waals surface area contributed by atoms with Crippen LogP contribution in [-0.4, -0.2) is 40.4 Å². The van der Waals surface area contributed by atoms with E-state index in [0.29, 0.717) is 22.8 Å². The molecule has 1 aliphatic rings. The summed E-state index contributed by atoms with van der Waals surface area (Å²) in [6, 6.07) is 13.5. The number of nitrogens with two attached hydrogens (primary N) is 1. The molecule has 2 amide bonds. The highest BCUT2D eigenvalue weighted by atomic mass is 35.5. The highest BCUT2D eigenvalue weighted by Crippen LogP contribution is 2.28. The molecule has 5 N–H and O–H groups in total. The molecule has 0 saturated heterocycles.